The predicted octanol–water partition coefficient (Wildman–Crippen LogP) is 2.51. The molecule has 2 N–H and O–H groups in total. The van der Waals surface area contributed by atoms with Crippen molar-refractivity contribution in [2.24, 2.45) is 0 Å². The molecule has 19 heavy (non-hydrogen) atoms. The van der Waals surface area contributed by atoms with Crippen molar-refractivity contribution in [2.75, 3.05) is 4.72 Å². The summed E-state index contributed by atoms with van der Waals surface area (Å²) in [5.74, 6) is 0.967. The zero-order chi connectivity index (χ0) is 13.9. The van der Waals surface area contributed by atoms with E-state index >= 15 is 0 Å². The van der Waals surface area contributed by atoms with Crippen LogP contribution in [0.25, 0.3) is 0 Å². The number of imidazole rings is 1. The average Bonchev–Trinajstić information content (AvgIpc) is 2.88. The first-order valence-corrected chi connectivity index (χ1v) is 7.78. The van der Waals surface area contributed by atoms with E-state index in [2.05, 4.69) is 14.7 Å². The van der Waals surface area contributed by atoms with E-state index in [0.29, 0.717) is 23.8 Å². The van der Waals surface area contributed by atoms with Gasteiger partial charge in [0.15, 0.2) is 5.03 Å². The molecule has 0 atom stereocenters. The van der Waals surface area contributed by atoms with Crippen molar-refractivity contribution < 1.29 is 8.42 Å². The fourth-order valence-corrected chi connectivity index (χ4v) is 2.74. The second kappa shape index (κ2) is 5.63. The van der Waals surface area contributed by atoms with Crippen molar-refractivity contribution in [3.63, 3.8) is 0 Å². The summed E-state index contributed by atoms with van der Waals surface area (Å²) in [4.78, 5) is 6.74. The Morgan fingerprint density at radius 3 is 2.84 bits per heavy atom. The third-order valence-electron chi connectivity index (χ3n) is 2.56. The van der Waals surface area contributed by atoms with Crippen LogP contribution in [0.4, 0.5) is 5.69 Å². The van der Waals surface area contributed by atoms with Crippen LogP contribution < -0.4 is 4.72 Å². The maximum Gasteiger partial charge on any atom is 0.278 e. The van der Waals surface area contributed by atoms with Gasteiger partial charge in [0.1, 0.15) is 5.82 Å². The Morgan fingerprint density at radius 2 is 2.21 bits per heavy atom. The van der Waals surface area contributed by atoms with Gasteiger partial charge in [0.05, 0.1) is 6.20 Å². The first kappa shape index (κ1) is 13.9. The molecule has 2 aromatic rings. The maximum atomic E-state index is 12.1. The Hall–Kier alpha value is -1.53. The number of aromatic nitrogens is 2. The minimum atomic E-state index is -3.64. The summed E-state index contributed by atoms with van der Waals surface area (Å²) in [6.45, 7) is 1.90. The summed E-state index contributed by atoms with van der Waals surface area (Å²) in [6, 6.07) is 6.95. The number of nitrogens with zero attached hydrogens (tertiary/aromatic N) is 1. The van der Waals surface area contributed by atoms with Crippen LogP contribution in [0.3, 0.4) is 0 Å². The number of hydrogen-bond acceptors (Lipinski definition) is 3. The predicted molar refractivity (Wildman–Crippen MR) is 74.8 cm³/mol. The van der Waals surface area contributed by atoms with Crippen LogP contribution in [0.2, 0.25) is 0 Å². The number of anilines is 1. The quantitative estimate of drug-likeness (QED) is 0.833. The summed E-state index contributed by atoms with van der Waals surface area (Å²) < 4.78 is 26.7. The number of rotatable bonds is 5. The average molecular weight is 300 g/mol. The number of aryl methyl sites for hydroxylation is 1. The molecule has 1 aromatic carbocycles. The van der Waals surface area contributed by atoms with Crippen molar-refractivity contribution in [1.29, 1.82) is 0 Å². The Morgan fingerprint density at radius 1 is 1.42 bits per heavy atom. The van der Waals surface area contributed by atoms with E-state index in [-0.39, 0.29) is 5.03 Å². The molecule has 2 rings (SSSR count). The van der Waals surface area contributed by atoms with Crippen molar-refractivity contribution in [2.45, 2.75) is 24.3 Å². The van der Waals surface area contributed by atoms with Crippen molar-refractivity contribution in [3.05, 3.63) is 41.9 Å². The molecule has 0 radical (unpaired) electrons. The second-order valence-corrected chi connectivity index (χ2v) is 5.91. The first-order chi connectivity index (χ1) is 9.05. The van der Waals surface area contributed by atoms with E-state index in [1.165, 1.54) is 6.20 Å². The lowest BCUT2D eigenvalue weighted by molar-refractivity contribution is 0.598. The van der Waals surface area contributed by atoms with Crippen LogP contribution in [-0.4, -0.2) is 18.4 Å². The van der Waals surface area contributed by atoms with Gasteiger partial charge in [0.25, 0.3) is 10.0 Å². The van der Waals surface area contributed by atoms with E-state index in [0.717, 1.165) is 5.56 Å². The molecule has 1 aromatic heterocycles. The molecule has 7 heteroatoms. The van der Waals surface area contributed by atoms with Crippen molar-refractivity contribution >= 4 is 27.3 Å². The van der Waals surface area contributed by atoms with Gasteiger partial charge in [-0.1, -0.05) is 19.1 Å². The van der Waals surface area contributed by atoms with Crippen molar-refractivity contribution in [1.82, 2.24) is 9.97 Å². The summed E-state index contributed by atoms with van der Waals surface area (Å²) in [5, 5.41) is 0.0561. The molecular formula is C12H14ClN3O2S. The molecule has 0 amide bonds. The van der Waals surface area contributed by atoms with Crippen LogP contribution >= 0.6 is 11.6 Å². The van der Waals surface area contributed by atoms with Gasteiger partial charge in [-0.25, -0.2) is 4.98 Å². The van der Waals surface area contributed by atoms with Gasteiger partial charge < -0.3 is 4.98 Å². The molecular weight excluding hydrogens is 286 g/mol. The fraction of sp³-hybridized carbons (Fsp3) is 0.250. The van der Waals surface area contributed by atoms with Gasteiger partial charge in [-0.15, -0.1) is 11.6 Å². The molecule has 0 saturated carbocycles. The minimum Gasteiger partial charge on any atom is -0.332 e. The molecule has 0 spiro atoms. The first-order valence-electron chi connectivity index (χ1n) is 5.76. The number of aromatic amines is 1. The lowest BCUT2D eigenvalue weighted by Crippen LogP contribution is -2.13. The molecule has 5 nitrogen and oxygen atoms in total. The third-order valence-corrected chi connectivity index (χ3v) is 4.16. The van der Waals surface area contributed by atoms with Crippen LogP contribution in [0.1, 0.15) is 18.3 Å². The van der Waals surface area contributed by atoms with Gasteiger partial charge in [-0.2, -0.15) is 8.42 Å². The molecule has 0 aliphatic rings. The number of H-pyrrole nitrogens is 1. The largest absolute Gasteiger partial charge is 0.332 e. The SMILES string of the molecule is CCc1ncc(S(=O)(=O)Nc2cccc(CCl)c2)[nH]1. The molecule has 1 heterocycles. The van der Waals surface area contributed by atoms with E-state index in [1.54, 1.807) is 18.2 Å². The highest BCUT2D eigenvalue weighted by Gasteiger charge is 2.17. The van der Waals surface area contributed by atoms with E-state index in [4.69, 9.17) is 11.6 Å². The van der Waals surface area contributed by atoms with Crippen LogP contribution in [0, 0.1) is 0 Å². The highest BCUT2D eigenvalue weighted by atomic mass is 35.5. The third kappa shape index (κ3) is 3.27. The number of alkyl halides is 1. The Labute approximate surface area is 117 Å². The maximum absolute atomic E-state index is 12.1. The highest BCUT2D eigenvalue weighted by Crippen LogP contribution is 2.17. The summed E-state index contributed by atoms with van der Waals surface area (Å²) >= 11 is 5.72. The summed E-state index contributed by atoms with van der Waals surface area (Å²) in [5.41, 5.74) is 1.33. The molecule has 0 fully saturated rings. The zero-order valence-electron chi connectivity index (χ0n) is 10.4. The van der Waals surface area contributed by atoms with Gasteiger partial charge >= 0.3 is 0 Å². The van der Waals surface area contributed by atoms with Gasteiger partial charge in [0, 0.05) is 18.0 Å². The minimum absolute atomic E-state index is 0.0561. The Bertz CT molecular complexity index is 667. The smallest absolute Gasteiger partial charge is 0.278 e. The second-order valence-electron chi connectivity index (χ2n) is 3.99. The standard InChI is InChI=1S/C12H14ClN3O2S/c1-2-11-14-8-12(15-11)19(17,18)16-10-5-3-4-9(6-10)7-13/h3-6,8,16H,2,7H2,1H3,(H,14,15). The van der Waals surface area contributed by atoms with E-state index in [9.17, 15) is 8.42 Å². The van der Waals surface area contributed by atoms with Gasteiger partial charge in [0.2, 0.25) is 0 Å². The molecule has 0 unspecified atom stereocenters. The number of nitrogens with one attached hydrogen (secondary N) is 2. The summed E-state index contributed by atoms with van der Waals surface area (Å²) in [6.07, 6.45) is 1.96. The molecule has 0 aliphatic heterocycles. The monoisotopic (exact) mass is 299 g/mol. The summed E-state index contributed by atoms with van der Waals surface area (Å²) in [7, 11) is -3.64. The number of benzene rings is 1. The topological polar surface area (TPSA) is 74.8 Å². The molecule has 0 saturated heterocycles. The molecule has 102 valence electrons. The van der Waals surface area contributed by atoms with E-state index in [1.807, 2.05) is 13.0 Å². The van der Waals surface area contributed by atoms with Crippen LogP contribution in [0.5, 0.6) is 0 Å². The number of hydrogen-bond donors (Lipinski definition) is 2. The fourth-order valence-electron chi connectivity index (χ4n) is 1.59. The van der Waals surface area contributed by atoms with E-state index < -0.39 is 10.0 Å². The van der Waals surface area contributed by atoms with Crippen molar-refractivity contribution in [3.8, 4) is 0 Å². The number of sulfonamides is 1. The lowest BCUT2D eigenvalue weighted by atomic mass is 10.2. The zero-order valence-corrected chi connectivity index (χ0v) is 11.9. The number of halogens is 1. The Kier molecular flexibility index (Phi) is 4.11. The Balaban J connectivity index is 2.25. The van der Waals surface area contributed by atoms with Crippen LogP contribution in [-0.2, 0) is 22.3 Å². The molecule has 0 aliphatic carbocycles. The van der Waals surface area contributed by atoms with Gasteiger partial charge in [-0.3, -0.25) is 4.72 Å². The highest BCUT2D eigenvalue weighted by molar-refractivity contribution is 7.92. The van der Waals surface area contributed by atoms with Gasteiger partial charge in [-0.05, 0) is 17.7 Å². The van der Waals surface area contributed by atoms with Crippen LogP contribution in [0.15, 0.2) is 35.5 Å². The lowest BCUT2D eigenvalue weighted by Gasteiger charge is -2.07. The normalized spacial score (nSPS) is 11.5. The molecule has 0 bridgehead atoms.